The summed E-state index contributed by atoms with van der Waals surface area (Å²) in [6, 6.07) is 9.09. The number of hydrogen-bond donors (Lipinski definition) is 3. The molecule has 8 aliphatic carbocycles. The average Bonchev–Trinajstić information content (AvgIpc) is 3.84. The van der Waals surface area contributed by atoms with E-state index in [1.807, 2.05) is 13.0 Å². The zero-order chi connectivity index (χ0) is 51.4. The van der Waals surface area contributed by atoms with Gasteiger partial charge in [-0.15, -0.1) is 19.1 Å². The van der Waals surface area contributed by atoms with Gasteiger partial charge in [-0.1, -0.05) is 63.5 Å². The number of anilines is 1. The van der Waals surface area contributed by atoms with E-state index >= 15 is 0 Å². The summed E-state index contributed by atoms with van der Waals surface area (Å²) in [5.74, 6) is 8.15. The monoisotopic (exact) mass is 1010 g/mol. The van der Waals surface area contributed by atoms with Gasteiger partial charge in [0.15, 0.2) is 12.6 Å². The number of rotatable bonds is 18. The lowest BCUT2D eigenvalue weighted by atomic mass is 9.43. The van der Waals surface area contributed by atoms with Crippen LogP contribution in [-0.2, 0) is 28.2 Å². The number of carbonyl (C=O) groups is 2. The number of ketones is 1. The Bertz CT molecular complexity index is 2390. The van der Waals surface area contributed by atoms with Crippen LogP contribution in [0.4, 0.5) is 5.69 Å². The van der Waals surface area contributed by atoms with Crippen molar-refractivity contribution in [1.29, 1.82) is 0 Å². The second kappa shape index (κ2) is 21.0. The highest BCUT2D eigenvalue weighted by atomic mass is 31.2. The number of aliphatic hydroxyl groups excluding tert-OH is 1. The summed E-state index contributed by atoms with van der Waals surface area (Å²) in [6.45, 7) is 20.0. The Morgan fingerprint density at radius 2 is 1.71 bits per heavy atom. The van der Waals surface area contributed by atoms with Gasteiger partial charge in [0.05, 0.1) is 24.9 Å². The molecule has 72 heavy (non-hydrogen) atoms. The van der Waals surface area contributed by atoms with Gasteiger partial charge in [-0.2, -0.15) is 0 Å². The van der Waals surface area contributed by atoms with Crippen LogP contribution in [0.2, 0.25) is 0 Å². The highest BCUT2D eigenvalue weighted by Gasteiger charge is 2.67. The number of aliphatic hydroxyl groups is 2. The van der Waals surface area contributed by atoms with E-state index in [2.05, 4.69) is 88.9 Å². The maximum Gasteiger partial charge on any atom is 0.303 e. The normalized spacial score (nSPS) is 39.4. The Balaban J connectivity index is 0.881. The third-order valence-electron chi connectivity index (χ3n) is 21.4. The first kappa shape index (κ1) is 53.5. The average molecular weight is 1010 g/mol. The number of allylic oxidation sites excluding steroid dienone is 6. The highest BCUT2D eigenvalue weighted by molar-refractivity contribution is 7.59. The van der Waals surface area contributed by atoms with E-state index in [1.54, 1.807) is 12.2 Å². The largest absolute Gasteiger partial charge is 0.481 e. The van der Waals surface area contributed by atoms with E-state index in [4.69, 9.17) is 14.0 Å². The Hall–Kier alpha value is -3.29. The van der Waals surface area contributed by atoms with E-state index in [0.717, 1.165) is 82.9 Å². The second-order valence-electron chi connectivity index (χ2n) is 24.7. The predicted octanol–water partition coefficient (Wildman–Crippen LogP) is 11.9. The molecule has 0 aliphatic heterocycles. The van der Waals surface area contributed by atoms with Gasteiger partial charge < -0.3 is 34.2 Å². The molecule has 6 saturated carbocycles. The Labute approximate surface area is 431 Å². The van der Waals surface area contributed by atoms with Gasteiger partial charge >= 0.3 is 5.97 Å². The maximum atomic E-state index is 13.7. The minimum Gasteiger partial charge on any atom is -0.481 e. The number of ether oxygens (including phenoxy) is 2. The summed E-state index contributed by atoms with van der Waals surface area (Å²) in [7, 11) is -0.897. The van der Waals surface area contributed by atoms with Gasteiger partial charge in [-0.05, 0) is 190 Å². The zero-order valence-electron chi connectivity index (χ0n) is 44.4. The molecule has 0 heterocycles. The summed E-state index contributed by atoms with van der Waals surface area (Å²) < 4.78 is 33.4. The van der Waals surface area contributed by atoms with Gasteiger partial charge in [-0.25, -0.2) is 0 Å². The Morgan fingerprint density at radius 1 is 0.958 bits per heavy atom. The summed E-state index contributed by atoms with van der Waals surface area (Å²) in [6.07, 6.45) is 18.2. The predicted molar refractivity (Wildman–Crippen MR) is 285 cm³/mol. The van der Waals surface area contributed by atoms with Crippen LogP contribution in [0.5, 0.6) is 0 Å². The van der Waals surface area contributed by atoms with Gasteiger partial charge in [0.2, 0.25) is 7.37 Å². The summed E-state index contributed by atoms with van der Waals surface area (Å²) >= 11 is 0. The van der Waals surface area contributed by atoms with Gasteiger partial charge in [0.25, 0.3) is 0 Å². The first-order valence-electron chi connectivity index (χ1n) is 27.8. The van der Waals surface area contributed by atoms with Crippen LogP contribution >= 0.6 is 7.37 Å². The van der Waals surface area contributed by atoms with E-state index < -0.39 is 25.0 Å². The van der Waals surface area contributed by atoms with Crippen LogP contribution in [0.25, 0.3) is 0 Å². The lowest BCUT2D eigenvalue weighted by Gasteiger charge is -2.64. The van der Waals surface area contributed by atoms with E-state index in [-0.39, 0.29) is 95.3 Å². The number of nitrogens with zero attached hydrogens (tertiary/aromatic N) is 1. The quantitative estimate of drug-likeness (QED) is 0.0563. The van der Waals surface area contributed by atoms with Gasteiger partial charge in [0.1, 0.15) is 5.60 Å². The molecule has 0 aromatic heterocycles. The third-order valence-corrected chi connectivity index (χ3v) is 23.6. The number of likely N-dealkylation sites (N-methyl/N-ethyl adjacent to an activating group) is 1. The standard InChI is InChI=1S/C61H86NO9P/c1-9-26-61(67)28-25-50-47-19-15-41-33-44(63)18-20-46(41)56(47)48(37-59(50,61)6)40-13-16-43(17-14-40)62(8)29-30-69-45-24-27-58(5)42(34-45)35-53(70-38-71-72(68,31-10-2)32-11-3)57-51-22-21-49(39(4)12-23-55(65)66)60(51,7)54(64)36-52(57)58/h10-11,13-14,16-17,33,39,42,45,47-54,57,64,67H,2-3,12,15,18-25,27-32,34-38H2,1,4-8H3,(H,65,66)/t39-,42+,45+,47?,48+,49-,50?,51+,52+,53-,54+,57+,58+,59+,60-,61-/m1/s1. The molecule has 0 spiro atoms. The number of fused-ring (bicyclic) bond motifs is 9. The number of aliphatic carboxylic acids is 1. The number of carbonyl (C=O) groups excluding carboxylic acids is 1. The van der Waals surface area contributed by atoms with Crippen molar-refractivity contribution in [2.24, 2.45) is 63.6 Å². The van der Waals surface area contributed by atoms with Crippen LogP contribution in [0.15, 0.2) is 72.4 Å². The molecule has 0 radical (unpaired) electrons. The van der Waals surface area contributed by atoms with E-state index in [0.29, 0.717) is 50.0 Å². The maximum absolute atomic E-state index is 13.7. The fourth-order valence-corrected chi connectivity index (χ4v) is 19.0. The molecule has 10 nitrogen and oxygen atoms in total. The van der Waals surface area contributed by atoms with Crippen LogP contribution < -0.4 is 4.90 Å². The summed E-state index contributed by atoms with van der Waals surface area (Å²) in [5, 5.41) is 34.0. The van der Waals surface area contributed by atoms with Crippen molar-refractivity contribution in [3.63, 3.8) is 0 Å². The molecule has 9 rings (SSSR count). The molecule has 3 N–H and O–H groups in total. The van der Waals surface area contributed by atoms with Crippen molar-refractivity contribution in [3.05, 3.63) is 77.9 Å². The fourth-order valence-electron chi connectivity index (χ4n) is 17.6. The molecule has 0 amide bonds. The molecular formula is C61H86NO9P. The highest BCUT2D eigenvalue weighted by Crippen LogP contribution is 2.70. The van der Waals surface area contributed by atoms with Crippen molar-refractivity contribution in [2.45, 2.75) is 167 Å². The lowest BCUT2D eigenvalue weighted by molar-refractivity contribution is -0.227. The van der Waals surface area contributed by atoms with Crippen molar-refractivity contribution >= 4 is 24.8 Å². The molecule has 6 fully saturated rings. The molecule has 1 aromatic carbocycles. The van der Waals surface area contributed by atoms with Crippen molar-refractivity contribution in [3.8, 4) is 11.8 Å². The lowest BCUT2D eigenvalue weighted by Crippen LogP contribution is -2.63. The summed E-state index contributed by atoms with van der Waals surface area (Å²) in [5.41, 5.74) is 4.92. The van der Waals surface area contributed by atoms with Crippen LogP contribution in [0, 0.1) is 75.4 Å². The smallest absolute Gasteiger partial charge is 0.303 e. The zero-order valence-corrected chi connectivity index (χ0v) is 45.3. The third kappa shape index (κ3) is 9.55. The molecule has 2 unspecified atom stereocenters. The van der Waals surface area contributed by atoms with Gasteiger partial charge in [0, 0.05) is 55.8 Å². The topological polar surface area (TPSA) is 143 Å². The molecule has 394 valence electrons. The van der Waals surface area contributed by atoms with Crippen LogP contribution in [-0.4, -0.2) is 90.3 Å². The number of carboxylic acids is 1. The minimum absolute atomic E-state index is 0.00270. The molecule has 1 aromatic rings. The molecule has 0 bridgehead atoms. The Morgan fingerprint density at radius 3 is 2.42 bits per heavy atom. The molecule has 11 heteroatoms. The number of carboxylic acid groups (broad SMARTS) is 1. The summed E-state index contributed by atoms with van der Waals surface area (Å²) in [4.78, 5) is 26.5. The minimum atomic E-state index is -3.04. The second-order valence-corrected chi connectivity index (χ2v) is 27.3. The number of benzene rings is 1. The van der Waals surface area contributed by atoms with E-state index in [1.165, 1.54) is 22.3 Å². The fraction of sp³-hybridized carbons (Fsp3) is 0.705. The number of hydrogen-bond acceptors (Lipinski definition) is 9. The Kier molecular flexibility index (Phi) is 15.6. The molecule has 0 saturated heterocycles. The van der Waals surface area contributed by atoms with Gasteiger partial charge in [-0.3, -0.25) is 14.2 Å². The van der Waals surface area contributed by atoms with Crippen molar-refractivity contribution < 1.29 is 43.5 Å². The SMILES string of the molecule is C=CCP(=O)(CC=C)OCO[C@@H]1C[C@@H]2C[C@@H](OCCN(C)c3ccc([C@@H]4C[C@@]5(C)C(CC[C@]5(O)C#CC)C5CCC6=CC(=O)CCC6=C54)cc3)CC[C@]2(C)[C@H]2C[C@H](O)[C@]3(C)[C@@H]([C@H](C)CCC(=O)O)CC[C@H]3[C@H]12. The molecule has 8 aliphatic rings. The van der Waals surface area contributed by atoms with Crippen LogP contribution in [0.3, 0.4) is 0 Å². The first-order valence-corrected chi connectivity index (χ1v) is 29.8. The van der Waals surface area contributed by atoms with E-state index in [9.17, 15) is 29.5 Å². The first-order chi connectivity index (χ1) is 34.3. The van der Waals surface area contributed by atoms with Crippen LogP contribution in [0.1, 0.15) is 149 Å². The van der Waals surface area contributed by atoms with Crippen molar-refractivity contribution in [2.75, 3.05) is 44.2 Å². The van der Waals surface area contributed by atoms with Crippen molar-refractivity contribution in [1.82, 2.24) is 0 Å². The molecule has 16 atom stereocenters. The molecular weight excluding hydrogens is 922 g/mol.